The van der Waals surface area contributed by atoms with Gasteiger partial charge in [0.05, 0.1) is 0 Å². The van der Waals surface area contributed by atoms with Gasteiger partial charge in [-0.05, 0) is 24.1 Å². The third-order valence-corrected chi connectivity index (χ3v) is 1.90. The van der Waals surface area contributed by atoms with Crippen LogP contribution in [0.3, 0.4) is 0 Å². The minimum absolute atomic E-state index is 0.535. The molecular weight excluding hydrogens is 172 g/mol. The molecule has 0 atom stereocenters. The normalized spacial score (nSPS) is 10.2. The average Bonchev–Trinajstić information content (AvgIpc) is 2.09. The zero-order chi connectivity index (χ0) is 8.81. The summed E-state index contributed by atoms with van der Waals surface area (Å²) in [7, 11) is 0. The van der Waals surface area contributed by atoms with Gasteiger partial charge in [-0.2, -0.15) is 0 Å². The highest BCUT2D eigenvalue weighted by Crippen LogP contribution is 2.09. The molecule has 0 bridgehead atoms. The molecule has 0 unspecified atom stereocenters. The highest BCUT2D eigenvalue weighted by molar-refractivity contribution is 6.30. The third kappa shape index (κ3) is 3.22. The van der Waals surface area contributed by atoms with Gasteiger partial charge in [0, 0.05) is 18.2 Å². The highest BCUT2D eigenvalue weighted by atomic mass is 35.5. The molecule has 0 fully saturated rings. The van der Waals surface area contributed by atoms with Crippen LogP contribution in [0.5, 0.6) is 0 Å². The Kier molecular flexibility index (Phi) is 4.08. The van der Waals surface area contributed by atoms with Crippen LogP contribution in [0.25, 0.3) is 0 Å². The molecule has 2 nitrogen and oxygen atoms in total. The van der Waals surface area contributed by atoms with Crippen molar-refractivity contribution in [2.45, 2.75) is 6.42 Å². The quantitative estimate of drug-likeness (QED) is 0.548. The Morgan fingerprint density at radius 2 is 1.92 bits per heavy atom. The van der Waals surface area contributed by atoms with Crippen molar-refractivity contribution in [1.29, 1.82) is 0 Å². The molecule has 0 aliphatic carbocycles. The molecular formula is C9H13ClN2. The SMILES string of the molecule is NCNCCc1ccc(Cl)cc1. The molecule has 0 saturated heterocycles. The van der Waals surface area contributed by atoms with Crippen LogP contribution in [0.4, 0.5) is 0 Å². The lowest BCUT2D eigenvalue weighted by atomic mass is 10.1. The Labute approximate surface area is 77.7 Å². The Morgan fingerprint density at radius 3 is 2.50 bits per heavy atom. The van der Waals surface area contributed by atoms with E-state index in [9.17, 15) is 0 Å². The first kappa shape index (κ1) is 9.52. The highest BCUT2D eigenvalue weighted by Gasteiger charge is 1.91. The van der Waals surface area contributed by atoms with Gasteiger partial charge in [-0.3, -0.25) is 0 Å². The third-order valence-electron chi connectivity index (χ3n) is 1.65. The van der Waals surface area contributed by atoms with Gasteiger partial charge in [-0.1, -0.05) is 23.7 Å². The number of rotatable bonds is 4. The predicted molar refractivity (Wildman–Crippen MR) is 52.2 cm³/mol. The molecule has 0 aliphatic heterocycles. The Bertz CT molecular complexity index is 220. The summed E-state index contributed by atoms with van der Waals surface area (Å²) >= 11 is 5.74. The lowest BCUT2D eigenvalue weighted by Gasteiger charge is -2.01. The summed E-state index contributed by atoms with van der Waals surface area (Å²) in [5.41, 5.74) is 6.56. The van der Waals surface area contributed by atoms with Crippen LogP contribution >= 0.6 is 11.6 Å². The van der Waals surface area contributed by atoms with Gasteiger partial charge < -0.3 is 11.1 Å². The van der Waals surface area contributed by atoms with E-state index in [1.54, 1.807) is 0 Å². The van der Waals surface area contributed by atoms with E-state index >= 15 is 0 Å². The monoisotopic (exact) mass is 184 g/mol. The molecule has 0 amide bonds. The summed E-state index contributed by atoms with van der Waals surface area (Å²) < 4.78 is 0. The summed E-state index contributed by atoms with van der Waals surface area (Å²) in [6, 6.07) is 7.86. The van der Waals surface area contributed by atoms with Crippen molar-refractivity contribution in [1.82, 2.24) is 5.32 Å². The molecule has 3 heteroatoms. The predicted octanol–water partition coefficient (Wildman–Crippen LogP) is 1.39. The van der Waals surface area contributed by atoms with Crippen molar-refractivity contribution in [2.75, 3.05) is 13.2 Å². The fourth-order valence-corrected chi connectivity index (χ4v) is 1.11. The Hall–Kier alpha value is -0.570. The molecule has 12 heavy (non-hydrogen) atoms. The standard InChI is InChI=1S/C9H13ClN2/c10-9-3-1-8(2-4-9)5-6-12-7-11/h1-4,12H,5-7,11H2. The van der Waals surface area contributed by atoms with E-state index < -0.39 is 0 Å². The number of hydrogen-bond donors (Lipinski definition) is 2. The van der Waals surface area contributed by atoms with Gasteiger partial charge in [-0.15, -0.1) is 0 Å². The van der Waals surface area contributed by atoms with Crippen molar-refractivity contribution < 1.29 is 0 Å². The van der Waals surface area contributed by atoms with E-state index in [1.165, 1.54) is 5.56 Å². The van der Waals surface area contributed by atoms with Crippen LogP contribution in [0, 0.1) is 0 Å². The first-order chi connectivity index (χ1) is 5.83. The van der Waals surface area contributed by atoms with Crippen molar-refractivity contribution in [3.05, 3.63) is 34.9 Å². The number of benzene rings is 1. The molecule has 0 spiro atoms. The topological polar surface area (TPSA) is 38.0 Å². The molecule has 0 aromatic heterocycles. The van der Waals surface area contributed by atoms with Crippen LogP contribution in [-0.4, -0.2) is 13.2 Å². The van der Waals surface area contributed by atoms with Gasteiger partial charge in [-0.25, -0.2) is 0 Å². The molecule has 1 aromatic carbocycles. The number of nitrogens with one attached hydrogen (secondary N) is 1. The fraction of sp³-hybridized carbons (Fsp3) is 0.333. The van der Waals surface area contributed by atoms with E-state index in [0.717, 1.165) is 18.0 Å². The maximum Gasteiger partial charge on any atom is 0.0428 e. The van der Waals surface area contributed by atoms with Crippen LogP contribution < -0.4 is 11.1 Å². The van der Waals surface area contributed by atoms with Gasteiger partial charge in [0.15, 0.2) is 0 Å². The van der Waals surface area contributed by atoms with E-state index in [0.29, 0.717) is 6.67 Å². The fourth-order valence-electron chi connectivity index (χ4n) is 0.986. The van der Waals surface area contributed by atoms with Crippen LogP contribution in [-0.2, 0) is 6.42 Å². The van der Waals surface area contributed by atoms with E-state index in [2.05, 4.69) is 5.32 Å². The maximum atomic E-state index is 5.74. The summed E-state index contributed by atoms with van der Waals surface area (Å²) in [5, 5.41) is 3.84. The van der Waals surface area contributed by atoms with E-state index in [1.807, 2.05) is 24.3 Å². The zero-order valence-corrected chi connectivity index (χ0v) is 7.64. The van der Waals surface area contributed by atoms with Gasteiger partial charge in [0.1, 0.15) is 0 Å². The molecule has 0 saturated carbocycles. The molecule has 0 aliphatic rings. The van der Waals surface area contributed by atoms with E-state index in [-0.39, 0.29) is 0 Å². The molecule has 1 aromatic rings. The Balaban J connectivity index is 2.37. The van der Waals surface area contributed by atoms with Crippen LogP contribution in [0.15, 0.2) is 24.3 Å². The molecule has 0 radical (unpaired) electrons. The van der Waals surface area contributed by atoms with Crippen molar-refractivity contribution in [2.24, 2.45) is 5.73 Å². The minimum Gasteiger partial charge on any atom is -0.318 e. The smallest absolute Gasteiger partial charge is 0.0428 e. The summed E-state index contributed by atoms with van der Waals surface area (Å²) in [6.07, 6.45) is 0.994. The summed E-state index contributed by atoms with van der Waals surface area (Å²) in [6.45, 7) is 1.45. The van der Waals surface area contributed by atoms with Crippen LogP contribution in [0.2, 0.25) is 5.02 Å². The Morgan fingerprint density at radius 1 is 1.25 bits per heavy atom. The van der Waals surface area contributed by atoms with Crippen molar-refractivity contribution in [3.63, 3.8) is 0 Å². The average molecular weight is 185 g/mol. The first-order valence-corrected chi connectivity index (χ1v) is 4.36. The first-order valence-electron chi connectivity index (χ1n) is 3.98. The van der Waals surface area contributed by atoms with E-state index in [4.69, 9.17) is 17.3 Å². The number of nitrogens with two attached hydrogens (primary N) is 1. The summed E-state index contributed by atoms with van der Waals surface area (Å²) in [5.74, 6) is 0. The maximum absolute atomic E-state index is 5.74. The van der Waals surface area contributed by atoms with Gasteiger partial charge in [0.25, 0.3) is 0 Å². The largest absolute Gasteiger partial charge is 0.318 e. The second kappa shape index (κ2) is 5.14. The van der Waals surface area contributed by atoms with Gasteiger partial charge >= 0.3 is 0 Å². The molecule has 66 valence electrons. The van der Waals surface area contributed by atoms with Crippen LogP contribution in [0.1, 0.15) is 5.56 Å². The lowest BCUT2D eigenvalue weighted by molar-refractivity contribution is 0.701. The second-order valence-electron chi connectivity index (χ2n) is 2.58. The number of hydrogen-bond acceptors (Lipinski definition) is 2. The molecule has 1 rings (SSSR count). The molecule has 0 heterocycles. The van der Waals surface area contributed by atoms with Gasteiger partial charge in [0.2, 0.25) is 0 Å². The lowest BCUT2D eigenvalue weighted by Crippen LogP contribution is -2.24. The zero-order valence-electron chi connectivity index (χ0n) is 6.89. The summed E-state index contributed by atoms with van der Waals surface area (Å²) in [4.78, 5) is 0. The van der Waals surface area contributed by atoms with Crippen molar-refractivity contribution in [3.8, 4) is 0 Å². The number of halogens is 1. The molecule has 3 N–H and O–H groups in total. The van der Waals surface area contributed by atoms with Crippen molar-refractivity contribution >= 4 is 11.6 Å². The minimum atomic E-state index is 0.535. The second-order valence-corrected chi connectivity index (χ2v) is 3.02.